The summed E-state index contributed by atoms with van der Waals surface area (Å²) in [4.78, 5) is 11.4. The first-order chi connectivity index (χ1) is 24.7. The van der Waals surface area contributed by atoms with Crippen LogP contribution in [0.4, 0.5) is 5.69 Å². The largest absolute Gasteiger partial charge is 0.102 e. The average Bonchev–Trinajstić information content (AvgIpc) is 3.22. The zero-order chi connectivity index (χ0) is 35.2. The molecule has 7 aromatic rings. The molecule has 0 radical (unpaired) electrons. The number of hydrogen-bond donors (Lipinski definition) is 0. The first kappa shape index (κ1) is 38.6. The van der Waals surface area contributed by atoms with Gasteiger partial charge in [0, 0.05) is 0 Å². The monoisotopic (exact) mass is 887 g/mol. The molecule has 7 rings (SSSR count). The van der Waals surface area contributed by atoms with E-state index < -0.39 is 15.8 Å². The second-order valence-corrected chi connectivity index (χ2v) is 15.8. The number of carbonyl (C=O) groups excluding carboxylic acids is 1. The molecule has 6 heteroatoms. The van der Waals surface area contributed by atoms with Gasteiger partial charge in [-0.3, -0.25) is 6.07 Å². The number of amides is 1. The predicted molar refractivity (Wildman–Crippen MR) is 218 cm³/mol. The van der Waals surface area contributed by atoms with Gasteiger partial charge >= 0.3 is 27.5 Å². The van der Waals surface area contributed by atoms with Crippen molar-refractivity contribution in [3.63, 3.8) is 0 Å². The van der Waals surface area contributed by atoms with E-state index in [1.807, 2.05) is 12.1 Å². The third-order valence-electron chi connectivity index (χ3n) is 7.57. The molecule has 2 nitrogen and oxygen atoms in total. The molecule has 0 aliphatic heterocycles. The van der Waals surface area contributed by atoms with Gasteiger partial charge in [0.2, 0.25) is 0 Å². The number of rotatable bonds is 8. The molecule has 0 aliphatic rings. The fraction of sp³-hybridized carbons (Fsp3) is 0.0227. The number of halogens is 1. The van der Waals surface area contributed by atoms with Crippen LogP contribution in [0.3, 0.4) is 0 Å². The molecule has 0 unspecified atom stereocenters. The Morgan fingerprint density at radius 2 is 0.680 bits per heavy atom. The summed E-state index contributed by atoms with van der Waals surface area (Å²) >= 11 is 1.47. The Morgan fingerprint density at radius 3 is 0.880 bits per heavy atom. The van der Waals surface area contributed by atoms with Gasteiger partial charge in [0.25, 0.3) is 0 Å². The van der Waals surface area contributed by atoms with E-state index in [0.29, 0.717) is 0 Å². The fourth-order valence-electron chi connectivity index (χ4n) is 5.27. The summed E-state index contributed by atoms with van der Waals surface area (Å²) < 4.78 is 0. The van der Waals surface area contributed by atoms with Crippen molar-refractivity contribution >= 4 is 69.4 Å². The van der Waals surface area contributed by atoms with Crippen molar-refractivity contribution in [2.75, 3.05) is 11.9 Å². The summed E-state index contributed by atoms with van der Waals surface area (Å²) in [7, 11) is 4.52. The molecule has 0 bridgehead atoms. The standard InChI is InChI=1S/2C18H15P.C8H7NO.ClH.Ir/c2*1-4-10-16(11-5-1)19(17-12-6-2-7-13-17)18-14-8-3-9-15-18;1-9(7-10)8-5-3-2-4-6-8;;/h2*1-15H;2-5H,1H3;1H;/q;;-2;;+3/p+1. The summed E-state index contributed by atoms with van der Waals surface area (Å²) in [5.41, 5.74) is 0.734. The van der Waals surface area contributed by atoms with E-state index in [0.717, 1.165) is 5.69 Å². The Labute approximate surface area is 314 Å². The molecule has 0 fully saturated rings. The van der Waals surface area contributed by atoms with Crippen molar-refractivity contribution < 1.29 is 22.7 Å². The number of benzene rings is 7. The quantitative estimate of drug-likeness (QED) is 0.0861. The normalized spacial score (nSPS) is 9.94. The zero-order valence-electron chi connectivity index (χ0n) is 27.7. The van der Waals surface area contributed by atoms with Gasteiger partial charge in [-0.05, 0) is 79.8 Å². The molecule has 50 heavy (non-hydrogen) atoms. The Kier molecular flexibility index (Phi) is 17.4. The average molecular weight is 887 g/mol. The van der Waals surface area contributed by atoms with E-state index in [-0.39, 0.29) is 0 Å². The molecule has 1 amide bonds. The molecule has 0 atom stereocenters. The van der Waals surface area contributed by atoms with Crippen molar-refractivity contribution in [1.29, 1.82) is 0 Å². The second-order valence-electron chi connectivity index (χ2n) is 10.8. The van der Waals surface area contributed by atoms with Crippen molar-refractivity contribution in [2.45, 2.75) is 0 Å². The molecule has 7 aromatic carbocycles. The molecule has 250 valence electrons. The zero-order valence-corrected chi connectivity index (χ0v) is 32.8. The number of hydrogen-bond acceptors (Lipinski definition) is 1. The smallest absolute Gasteiger partial charge is 0.0620 e. The number of nitrogens with zero attached hydrogens (tertiary/aromatic N) is 1. The predicted octanol–water partition coefficient (Wildman–Crippen LogP) is 8.03. The van der Waals surface area contributed by atoms with Crippen LogP contribution in [-0.2, 0) is 22.7 Å². The summed E-state index contributed by atoms with van der Waals surface area (Å²) in [6.07, 6.45) is 1.73. The van der Waals surface area contributed by atoms with Crippen LogP contribution in [0.15, 0.2) is 206 Å². The molecule has 0 aromatic heterocycles. The molecular formula is C44H39ClIrNOP2+2. The minimum absolute atomic E-state index is 0.734. The summed E-state index contributed by atoms with van der Waals surface area (Å²) in [6, 6.07) is 75.1. The molecule has 0 spiro atoms. The maximum absolute atomic E-state index is 10.1. The van der Waals surface area contributed by atoms with Crippen LogP contribution in [-0.4, -0.2) is 13.5 Å². The van der Waals surface area contributed by atoms with E-state index in [9.17, 15) is 4.79 Å². The topological polar surface area (TPSA) is 20.3 Å². The Bertz CT molecular complexity index is 1580. The molecule has 0 saturated carbocycles. The maximum atomic E-state index is 10.1. The van der Waals surface area contributed by atoms with Gasteiger partial charge in [0.05, 0.1) is 22.3 Å². The first-order valence-electron chi connectivity index (χ1n) is 16.0. The van der Waals surface area contributed by atoms with Gasteiger partial charge in [-0.25, -0.2) is 11.8 Å². The third-order valence-corrected chi connectivity index (χ3v) is 13.0. The molecule has 0 saturated heterocycles. The van der Waals surface area contributed by atoms with Crippen LogP contribution in [0.2, 0.25) is 0 Å². The molecule has 0 heterocycles. The molecule has 0 aliphatic carbocycles. The van der Waals surface area contributed by atoms with Crippen LogP contribution in [0, 0.1) is 6.07 Å². The van der Waals surface area contributed by atoms with Crippen LogP contribution in [0.1, 0.15) is 0 Å². The summed E-state index contributed by atoms with van der Waals surface area (Å²) in [5.74, 6) is 0. The van der Waals surface area contributed by atoms with E-state index in [1.54, 1.807) is 25.6 Å². The maximum Gasteiger partial charge on any atom is 0.102 e. The van der Waals surface area contributed by atoms with Gasteiger partial charge in [-0.2, -0.15) is 18.2 Å². The minimum atomic E-state index is -0.877. The first-order valence-corrected chi connectivity index (χ1v) is 22.0. The molecule has 0 N–H and O–H groups in total. The van der Waals surface area contributed by atoms with E-state index >= 15 is 0 Å². The Morgan fingerprint density at radius 1 is 0.440 bits per heavy atom. The van der Waals surface area contributed by atoms with Gasteiger partial charge in [-0.15, -0.1) is 0 Å². The van der Waals surface area contributed by atoms with Crippen molar-refractivity contribution in [3.05, 3.63) is 212 Å². The summed E-state index contributed by atoms with van der Waals surface area (Å²) in [5, 5.41) is 8.61. The van der Waals surface area contributed by atoms with Gasteiger partial charge in [0.1, 0.15) is 31.8 Å². The van der Waals surface area contributed by atoms with E-state index in [2.05, 4.69) is 198 Å². The Balaban J connectivity index is 0.000000172. The number of para-hydroxylation sites is 1. The Hall–Kier alpha value is -4.19. The van der Waals surface area contributed by atoms with Crippen LogP contribution >= 0.6 is 25.4 Å². The van der Waals surface area contributed by atoms with Crippen LogP contribution in [0.5, 0.6) is 0 Å². The van der Waals surface area contributed by atoms with Crippen LogP contribution in [0.25, 0.3) is 0 Å². The van der Waals surface area contributed by atoms with Crippen molar-refractivity contribution in [1.82, 2.24) is 0 Å². The third kappa shape index (κ3) is 12.0. The van der Waals surface area contributed by atoms with Crippen molar-refractivity contribution in [2.24, 2.45) is 0 Å². The van der Waals surface area contributed by atoms with Crippen molar-refractivity contribution in [3.8, 4) is 0 Å². The fourth-order valence-corrected chi connectivity index (χ4v) is 10.4. The van der Waals surface area contributed by atoms with E-state index in [4.69, 9.17) is 0 Å². The van der Waals surface area contributed by atoms with Gasteiger partial charge in [0.15, 0.2) is 0 Å². The van der Waals surface area contributed by atoms with Crippen LogP contribution < -0.4 is 36.7 Å². The van der Waals surface area contributed by atoms with Gasteiger partial charge in [-0.1, -0.05) is 109 Å². The minimum Gasteiger partial charge on any atom is -0.0620 e. The SMILES string of the molecule is CN([C-]=O)c1[c-]cccc1.[Cl][Ir+2].c1ccc([PH+](c2ccccc2)c2ccccc2)cc1.c1ccc([PH+](c2ccccc2)c2ccccc2)cc1. The molecular weight excluding hydrogens is 848 g/mol. The summed E-state index contributed by atoms with van der Waals surface area (Å²) in [6.45, 7) is 0. The van der Waals surface area contributed by atoms with E-state index in [1.165, 1.54) is 54.6 Å². The number of anilines is 1. The van der Waals surface area contributed by atoms with Gasteiger partial charge < -0.3 is 9.69 Å². The second kappa shape index (κ2) is 22.5.